The van der Waals surface area contributed by atoms with Crippen LogP contribution in [0.5, 0.6) is 0 Å². The molecule has 23 heavy (non-hydrogen) atoms. The lowest BCUT2D eigenvalue weighted by molar-refractivity contribution is -0.137. The molecular formula is C17H11ClF3NO. The van der Waals surface area contributed by atoms with Gasteiger partial charge in [0.1, 0.15) is 6.10 Å². The molecule has 1 aromatic heterocycles. The number of aromatic nitrogens is 1. The highest BCUT2D eigenvalue weighted by atomic mass is 35.5. The molecule has 0 radical (unpaired) electrons. The molecule has 6 heteroatoms. The van der Waals surface area contributed by atoms with E-state index in [1.807, 2.05) is 0 Å². The predicted molar refractivity (Wildman–Crippen MR) is 82.3 cm³/mol. The van der Waals surface area contributed by atoms with Crippen molar-refractivity contribution in [1.82, 2.24) is 4.98 Å². The quantitative estimate of drug-likeness (QED) is 0.714. The van der Waals surface area contributed by atoms with Gasteiger partial charge in [-0.05, 0) is 35.9 Å². The fourth-order valence-corrected chi connectivity index (χ4v) is 2.74. The first kappa shape index (κ1) is 15.8. The molecule has 118 valence electrons. The molecule has 0 saturated heterocycles. The van der Waals surface area contributed by atoms with Crippen LogP contribution in [0.15, 0.2) is 54.7 Å². The first-order valence-corrected chi connectivity index (χ1v) is 7.14. The lowest BCUT2D eigenvalue weighted by atomic mass is 9.98. The Morgan fingerprint density at radius 3 is 2.57 bits per heavy atom. The van der Waals surface area contributed by atoms with Crippen molar-refractivity contribution in [2.45, 2.75) is 12.3 Å². The molecule has 0 fully saturated rings. The Morgan fingerprint density at radius 2 is 1.83 bits per heavy atom. The minimum absolute atomic E-state index is 0.130. The number of aliphatic hydroxyl groups excluding tert-OH is 1. The maximum absolute atomic E-state index is 12.8. The third kappa shape index (κ3) is 3.02. The number of halogens is 4. The van der Waals surface area contributed by atoms with Crippen LogP contribution in [0.1, 0.15) is 22.8 Å². The van der Waals surface area contributed by atoms with Gasteiger partial charge >= 0.3 is 6.18 Å². The second kappa shape index (κ2) is 5.83. The van der Waals surface area contributed by atoms with Crippen molar-refractivity contribution in [2.24, 2.45) is 0 Å². The van der Waals surface area contributed by atoms with Crippen LogP contribution < -0.4 is 0 Å². The molecule has 0 aliphatic rings. The van der Waals surface area contributed by atoms with E-state index in [1.165, 1.54) is 12.1 Å². The summed E-state index contributed by atoms with van der Waals surface area (Å²) in [4.78, 5) is 4.15. The number of benzene rings is 2. The maximum atomic E-state index is 12.8. The molecule has 2 aromatic carbocycles. The van der Waals surface area contributed by atoms with Gasteiger partial charge in [0, 0.05) is 17.1 Å². The summed E-state index contributed by atoms with van der Waals surface area (Å²) >= 11 is 6.29. The molecule has 2 nitrogen and oxygen atoms in total. The minimum Gasteiger partial charge on any atom is -0.384 e. The first-order valence-electron chi connectivity index (χ1n) is 6.76. The normalized spacial score (nSPS) is 13.3. The van der Waals surface area contributed by atoms with Crippen LogP contribution in [0, 0.1) is 0 Å². The summed E-state index contributed by atoms with van der Waals surface area (Å²) < 4.78 is 38.4. The summed E-state index contributed by atoms with van der Waals surface area (Å²) in [5, 5.41) is 11.4. The van der Waals surface area contributed by atoms with Crippen molar-refractivity contribution in [2.75, 3.05) is 0 Å². The molecule has 1 unspecified atom stereocenters. The van der Waals surface area contributed by atoms with Gasteiger partial charge in [-0.2, -0.15) is 13.2 Å². The Hall–Kier alpha value is -2.11. The summed E-state index contributed by atoms with van der Waals surface area (Å²) in [6, 6.07) is 11.3. The van der Waals surface area contributed by atoms with Crippen molar-refractivity contribution in [3.05, 3.63) is 76.4 Å². The molecule has 0 aliphatic heterocycles. The number of hydrogen-bond acceptors (Lipinski definition) is 2. The number of aliphatic hydroxyl groups is 1. The maximum Gasteiger partial charge on any atom is 0.416 e. The topological polar surface area (TPSA) is 33.1 Å². The van der Waals surface area contributed by atoms with Crippen molar-refractivity contribution < 1.29 is 18.3 Å². The standard InChI is InChI=1S/C17H11ClF3NO/c18-15-12-5-2-8-22-14(12)7-6-13(15)16(23)10-3-1-4-11(9-10)17(19,20)21/h1-9,16,23H. The van der Waals surface area contributed by atoms with Crippen LogP contribution >= 0.6 is 11.6 Å². The number of pyridine rings is 1. The van der Waals surface area contributed by atoms with E-state index in [1.54, 1.807) is 30.5 Å². The fourth-order valence-electron chi connectivity index (χ4n) is 2.41. The van der Waals surface area contributed by atoms with Crippen LogP contribution in [0.25, 0.3) is 10.9 Å². The lowest BCUT2D eigenvalue weighted by Crippen LogP contribution is -2.07. The zero-order chi connectivity index (χ0) is 16.6. The van der Waals surface area contributed by atoms with E-state index in [-0.39, 0.29) is 10.6 Å². The molecule has 0 aliphatic carbocycles. The van der Waals surface area contributed by atoms with Gasteiger partial charge in [-0.1, -0.05) is 29.8 Å². The number of alkyl halides is 3. The van der Waals surface area contributed by atoms with Crippen molar-refractivity contribution in [1.29, 1.82) is 0 Å². The van der Waals surface area contributed by atoms with Gasteiger partial charge in [0.15, 0.2) is 0 Å². The number of rotatable bonds is 2. The van der Waals surface area contributed by atoms with Crippen LogP contribution in [-0.4, -0.2) is 10.1 Å². The average molecular weight is 338 g/mol. The van der Waals surface area contributed by atoms with Crippen LogP contribution in [0.3, 0.4) is 0 Å². The third-order valence-corrected chi connectivity index (χ3v) is 4.00. The molecule has 3 aromatic rings. The molecular weight excluding hydrogens is 327 g/mol. The van der Waals surface area contributed by atoms with E-state index in [2.05, 4.69) is 4.98 Å². The smallest absolute Gasteiger partial charge is 0.384 e. The average Bonchev–Trinajstić information content (AvgIpc) is 2.54. The highest BCUT2D eigenvalue weighted by Crippen LogP contribution is 2.35. The third-order valence-electron chi connectivity index (χ3n) is 3.57. The van der Waals surface area contributed by atoms with Crippen LogP contribution in [0.2, 0.25) is 5.02 Å². The van der Waals surface area contributed by atoms with Crippen molar-refractivity contribution in [3.63, 3.8) is 0 Å². The Bertz CT molecular complexity index is 864. The van der Waals surface area contributed by atoms with E-state index in [9.17, 15) is 18.3 Å². The zero-order valence-electron chi connectivity index (χ0n) is 11.7. The minimum atomic E-state index is -4.47. The summed E-state index contributed by atoms with van der Waals surface area (Å²) in [6.45, 7) is 0. The first-order chi connectivity index (χ1) is 10.9. The number of fused-ring (bicyclic) bond motifs is 1. The van der Waals surface area contributed by atoms with Gasteiger partial charge < -0.3 is 5.11 Å². The van der Waals surface area contributed by atoms with E-state index in [4.69, 9.17) is 11.6 Å². The number of nitrogens with zero attached hydrogens (tertiary/aromatic N) is 1. The van der Waals surface area contributed by atoms with Crippen molar-refractivity contribution >= 4 is 22.5 Å². The molecule has 1 heterocycles. The van der Waals surface area contributed by atoms with Crippen LogP contribution in [0.4, 0.5) is 13.2 Å². The van der Waals surface area contributed by atoms with Gasteiger partial charge in [-0.15, -0.1) is 0 Å². The second-order valence-corrected chi connectivity index (χ2v) is 5.44. The summed E-state index contributed by atoms with van der Waals surface area (Å²) in [7, 11) is 0. The summed E-state index contributed by atoms with van der Waals surface area (Å²) in [6.07, 6.45) is -4.11. The largest absolute Gasteiger partial charge is 0.416 e. The van der Waals surface area contributed by atoms with Gasteiger partial charge in [0.25, 0.3) is 0 Å². The van der Waals surface area contributed by atoms with Gasteiger partial charge in [0.2, 0.25) is 0 Å². The van der Waals surface area contributed by atoms with Gasteiger partial charge in [-0.25, -0.2) is 0 Å². The Balaban J connectivity index is 2.07. The van der Waals surface area contributed by atoms with Gasteiger partial charge in [-0.3, -0.25) is 4.98 Å². The van der Waals surface area contributed by atoms with E-state index in [0.717, 1.165) is 12.1 Å². The highest BCUT2D eigenvalue weighted by Gasteiger charge is 2.31. The lowest BCUT2D eigenvalue weighted by Gasteiger charge is -2.16. The Kier molecular flexibility index (Phi) is 4.00. The molecule has 0 spiro atoms. The number of hydrogen-bond donors (Lipinski definition) is 1. The SMILES string of the molecule is OC(c1cccc(C(F)(F)F)c1)c1ccc2ncccc2c1Cl. The highest BCUT2D eigenvalue weighted by molar-refractivity contribution is 6.36. The summed E-state index contributed by atoms with van der Waals surface area (Å²) in [5.41, 5.74) is 0.307. The molecule has 0 bridgehead atoms. The van der Waals surface area contributed by atoms with E-state index in [0.29, 0.717) is 16.5 Å². The molecule has 0 saturated carbocycles. The monoisotopic (exact) mass is 337 g/mol. The predicted octanol–water partition coefficient (Wildman–Crippen LogP) is 4.99. The van der Waals surface area contributed by atoms with Gasteiger partial charge in [0.05, 0.1) is 16.1 Å². The molecule has 3 rings (SSSR count). The second-order valence-electron chi connectivity index (χ2n) is 5.06. The van der Waals surface area contributed by atoms with E-state index < -0.39 is 17.8 Å². The molecule has 1 atom stereocenters. The Morgan fingerprint density at radius 1 is 1.04 bits per heavy atom. The zero-order valence-corrected chi connectivity index (χ0v) is 12.4. The Labute approximate surface area is 135 Å². The van der Waals surface area contributed by atoms with E-state index >= 15 is 0 Å². The fraction of sp³-hybridized carbons (Fsp3) is 0.118. The molecule has 0 amide bonds. The van der Waals surface area contributed by atoms with Crippen LogP contribution in [-0.2, 0) is 6.18 Å². The summed E-state index contributed by atoms with van der Waals surface area (Å²) in [5.74, 6) is 0. The molecule has 1 N–H and O–H groups in total. The van der Waals surface area contributed by atoms with Crippen molar-refractivity contribution in [3.8, 4) is 0 Å².